The van der Waals surface area contributed by atoms with Crippen LogP contribution in [0.25, 0.3) is 0 Å². The van der Waals surface area contributed by atoms with Crippen molar-refractivity contribution >= 4 is 17.4 Å². The van der Waals surface area contributed by atoms with Gasteiger partial charge in [-0.15, -0.1) is 11.6 Å². The first-order chi connectivity index (χ1) is 5.24. The van der Waals surface area contributed by atoms with Crippen molar-refractivity contribution in [2.45, 2.75) is 19.4 Å². The van der Waals surface area contributed by atoms with Crippen LogP contribution in [0.1, 0.15) is 13.3 Å². The summed E-state index contributed by atoms with van der Waals surface area (Å²) in [5.74, 6) is 0.146. The van der Waals surface area contributed by atoms with Gasteiger partial charge in [-0.3, -0.25) is 4.79 Å². The Morgan fingerprint density at radius 2 is 2.64 bits per heavy atom. The first-order valence-electron chi connectivity index (χ1n) is 3.75. The summed E-state index contributed by atoms with van der Waals surface area (Å²) < 4.78 is 0. The predicted molar refractivity (Wildman–Crippen MR) is 45.9 cm³/mol. The second kappa shape index (κ2) is 3.88. The number of hydrogen-bond donors (Lipinski definition) is 1. The third-order valence-corrected chi connectivity index (χ3v) is 2.08. The molecule has 0 fully saturated rings. The van der Waals surface area contributed by atoms with Crippen LogP contribution in [0.3, 0.4) is 0 Å². The van der Waals surface area contributed by atoms with E-state index in [9.17, 15) is 4.79 Å². The zero-order valence-electron chi connectivity index (χ0n) is 6.56. The van der Waals surface area contributed by atoms with E-state index < -0.39 is 0 Å². The van der Waals surface area contributed by atoms with E-state index in [0.717, 1.165) is 12.0 Å². The summed E-state index contributed by atoms with van der Waals surface area (Å²) in [4.78, 5) is 11.0. The zero-order valence-corrected chi connectivity index (χ0v) is 7.32. The molecule has 11 heavy (non-hydrogen) atoms. The number of carbonyl (C=O) groups is 1. The molecule has 2 nitrogen and oxygen atoms in total. The smallest absolute Gasteiger partial charge is 0.174 e. The molecule has 0 aromatic carbocycles. The highest BCUT2D eigenvalue weighted by Gasteiger charge is 2.13. The molecule has 0 aromatic heterocycles. The number of hydrogen-bond acceptors (Lipinski definition) is 2. The van der Waals surface area contributed by atoms with Crippen molar-refractivity contribution in [1.29, 1.82) is 0 Å². The van der Waals surface area contributed by atoms with E-state index in [1.54, 1.807) is 0 Å². The van der Waals surface area contributed by atoms with Gasteiger partial charge in [0.2, 0.25) is 0 Å². The highest BCUT2D eigenvalue weighted by atomic mass is 35.5. The van der Waals surface area contributed by atoms with Gasteiger partial charge in [-0.2, -0.15) is 0 Å². The van der Waals surface area contributed by atoms with Crippen molar-refractivity contribution in [3.8, 4) is 0 Å². The molecule has 1 rings (SSSR count). The lowest BCUT2D eigenvalue weighted by Crippen LogP contribution is -2.33. The monoisotopic (exact) mass is 173 g/mol. The van der Waals surface area contributed by atoms with Crippen LogP contribution in [0, 0.1) is 0 Å². The molecule has 0 saturated heterocycles. The van der Waals surface area contributed by atoms with Crippen LogP contribution in [0.15, 0.2) is 11.6 Å². The molecule has 0 spiro atoms. The van der Waals surface area contributed by atoms with E-state index in [1.165, 1.54) is 0 Å². The quantitative estimate of drug-likeness (QED) is 0.634. The number of ketones is 1. The van der Waals surface area contributed by atoms with Crippen LogP contribution in [-0.4, -0.2) is 24.2 Å². The molecular formula is C8H12ClNO. The third kappa shape index (κ3) is 2.31. The average Bonchev–Trinajstić information content (AvgIpc) is 2.05. The maximum Gasteiger partial charge on any atom is 0.174 e. The molecule has 1 aliphatic rings. The summed E-state index contributed by atoms with van der Waals surface area (Å²) >= 11 is 5.40. The van der Waals surface area contributed by atoms with Gasteiger partial charge in [0.15, 0.2) is 5.78 Å². The van der Waals surface area contributed by atoms with Gasteiger partial charge in [0.25, 0.3) is 0 Å². The Morgan fingerprint density at radius 3 is 3.09 bits per heavy atom. The normalized spacial score (nSPS) is 24.5. The fourth-order valence-electron chi connectivity index (χ4n) is 1.06. The predicted octanol–water partition coefficient (Wildman–Crippen LogP) is 1.10. The van der Waals surface area contributed by atoms with E-state index in [1.807, 2.05) is 6.08 Å². The highest BCUT2D eigenvalue weighted by Crippen LogP contribution is 2.07. The fraction of sp³-hybridized carbons (Fsp3) is 0.625. The first kappa shape index (κ1) is 8.75. The van der Waals surface area contributed by atoms with Gasteiger partial charge in [0, 0.05) is 18.2 Å². The summed E-state index contributed by atoms with van der Waals surface area (Å²) in [7, 11) is 0. The molecule has 0 aromatic rings. The van der Waals surface area contributed by atoms with Crippen molar-refractivity contribution in [1.82, 2.24) is 5.32 Å². The number of carbonyl (C=O) groups excluding carboxylic acids is 1. The van der Waals surface area contributed by atoms with E-state index in [0.29, 0.717) is 12.6 Å². The Kier molecular flexibility index (Phi) is 3.09. The molecule has 3 heteroatoms. The molecule has 0 aliphatic carbocycles. The van der Waals surface area contributed by atoms with Gasteiger partial charge in [0.05, 0.1) is 5.88 Å². The Balaban J connectivity index is 2.54. The minimum atomic E-state index is 0.0473. The maximum absolute atomic E-state index is 11.0. The molecule has 1 atom stereocenters. The zero-order chi connectivity index (χ0) is 8.27. The summed E-state index contributed by atoms with van der Waals surface area (Å²) in [6.07, 6.45) is 2.91. The Morgan fingerprint density at radius 1 is 1.91 bits per heavy atom. The fourth-order valence-corrected chi connectivity index (χ4v) is 1.23. The minimum absolute atomic E-state index is 0.0473. The molecule has 1 aliphatic heterocycles. The summed E-state index contributed by atoms with van der Waals surface area (Å²) in [5.41, 5.74) is 0.832. The Bertz CT molecular complexity index is 189. The molecule has 0 saturated carbocycles. The van der Waals surface area contributed by atoms with Crippen molar-refractivity contribution in [2.75, 3.05) is 12.4 Å². The Hall–Kier alpha value is -0.340. The molecular weight excluding hydrogens is 162 g/mol. The largest absolute Gasteiger partial charge is 0.310 e. The van der Waals surface area contributed by atoms with Crippen LogP contribution >= 0.6 is 11.6 Å². The second-order valence-electron chi connectivity index (χ2n) is 2.80. The lowest BCUT2D eigenvalue weighted by molar-refractivity contribution is -0.113. The van der Waals surface area contributed by atoms with E-state index in [4.69, 9.17) is 11.6 Å². The topological polar surface area (TPSA) is 29.1 Å². The highest BCUT2D eigenvalue weighted by molar-refractivity contribution is 6.30. The minimum Gasteiger partial charge on any atom is -0.310 e. The van der Waals surface area contributed by atoms with Gasteiger partial charge < -0.3 is 5.32 Å². The molecule has 1 heterocycles. The summed E-state index contributed by atoms with van der Waals surface area (Å²) in [6, 6.07) is 0.488. The third-order valence-electron chi connectivity index (χ3n) is 1.84. The van der Waals surface area contributed by atoms with Crippen molar-refractivity contribution in [2.24, 2.45) is 0 Å². The molecule has 0 amide bonds. The van der Waals surface area contributed by atoms with Crippen molar-refractivity contribution in [3.63, 3.8) is 0 Å². The van der Waals surface area contributed by atoms with Crippen LogP contribution in [-0.2, 0) is 4.79 Å². The SMILES string of the molecule is C[C@@H]1CC=C(C(=O)CCl)CN1. The summed E-state index contributed by atoms with van der Waals surface area (Å²) in [5, 5.41) is 3.20. The van der Waals surface area contributed by atoms with Gasteiger partial charge >= 0.3 is 0 Å². The Labute approximate surface area is 71.6 Å². The van der Waals surface area contributed by atoms with Gasteiger partial charge in [-0.25, -0.2) is 0 Å². The lowest BCUT2D eigenvalue weighted by Gasteiger charge is -2.18. The number of rotatable bonds is 2. The number of alkyl halides is 1. The molecule has 1 N–H and O–H groups in total. The van der Waals surface area contributed by atoms with Crippen molar-refractivity contribution in [3.05, 3.63) is 11.6 Å². The van der Waals surface area contributed by atoms with Gasteiger partial charge in [-0.05, 0) is 13.3 Å². The van der Waals surface area contributed by atoms with Crippen LogP contribution in [0.4, 0.5) is 0 Å². The van der Waals surface area contributed by atoms with E-state index in [2.05, 4.69) is 12.2 Å². The van der Waals surface area contributed by atoms with E-state index in [-0.39, 0.29) is 11.7 Å². The van der Waals surface area contributed by atoms with Crippen LogP contribution in [0.2, 0.25) is 0 Å². The summed E-state index contributed by atoms with van der Waals surface area (Å²) in [6.45, 7) is 2.77. The maximum atomic E-state index is 11.0. The second-order valence-corrected chi connectivity index (χ2v) is 3.07. The molecule has 0 radical (unpaired) electrons. The van der Waals surface area contributed by atoms with Crippen molar-refractivity contribution < 1.29 is 4.79 Å². The number of nitrogens with one attached hydrogen (secondary N) is 1. The van der Waals surface area contributed by atoms with Crippen LogP contribution < -0.4 is 5.32 Å². The number of Topliss-reactive ketones (excluding diaryl/α,β-unsaturated/α-hetero) is 1. The van der Waals surface area contributed by atoms with E-state index >= 15 is 0 Å². The van der Waals surface area contributed by atoms with Gasteiger partial charge in [-0.1, -0.05) is 6.08 Å². The van der Waals surface area contributed by atoms with Gasteiger partial charge in [0.1, 0.15) is 0 Å². The average molecular weight is 174 g/mol. The van der Waals surface area contributed by atoms with Crippen LogP contribution in [0.5, 0.6) is 0 Å². The first-order valence-corrected chi connectivity index (χ1v) is 4.29. The standard InChI is InChI=1S/C8H12ClNO/c1-6-2-3-7(5-10-6)8(11)4-9/h3,6,10H,2,4-5H2,1H3/t6-/m1/s1. The molecule has 62 valence electrons. The number of halogens is 1. The molecule has 0 unspecified atom stereocenters. The molecule has 0 bridgehead atoms. The lowest BCUT2D eigenvalue weighted by atomic mass is 10.0.